The summed E-state index contributed by atoms with van der Waals surface area (Å²) in [5.41, 5.74) is 0.405. The van der Waals surface area contributed by atoms with Crippen molar-refractivity contribution in [1.82, 2.24) is 5.32 Å². The third kappa shape index (κ3) is 3.52. The van der Waals surface area contributed by atoms with Crippen LogP contribution >= 0.6 is 0 Å². The monoisotopic (exact) mass is 292 g/mol. The van der Waals surface area contributed by atoms with Crippen LogP contribution < -0.4 is 10.6 Å². The lowest BCUT2D eigenvalue weighted by Crippen LogP contribution is -2.56. The summed E-state index contributed by atoms with van der Waals surface area (Å²) in [6.07, 6.45) is 2.09. The molecule has 21 heavy (non-hydrogen) atoms. The Hall–Kier alpha value is -2.08. The molecule has 1 aliphatic rings. The number of amides is 2. The fourth-order valence-electron chi connectivity index (χ4n) is 2.39. The van der Waals surface area contributed by atoms with Crippen LogP contribution in [-0.4, -0.2) is 35.9 Å². The second kappa shape index (κ2) is 6.58. The Bertz CT molecular complexity index is 524. The summed E-state index contributed by atoms with van der Waals surface area (Å²) in [7, 11) is 0. The number of nitrogens with one attached hydrogen (secondary N) is 2. The van der Waals surface area contributed by atoms with Crippen molar-refractivity contribution in [1.29, 1.82) is 0 Å². The van der Waals surface area contributed by atoms with E-state index in [2.05, 4.69) is 17.6 Å². The number of anilines is 1. The number of carboxylic acids is 1. The topological polar surface area (TPSA) is 87.7 Å². The molecule has 3 N–H and O–H groups in total. The molecule has 114 valence electrons. The molecule has 2 amide bonds. The van der Waals surface area contributed by atoms with E-state index in [1.165, 1.54) is 0 Å². The fraction of sp³-hybridized carbons (Fsp3) is 0.467. The lowest BCUT2D eigenvalue weighted by atomic mass is 9.99. The molecule has 0 aromatic heterocycles. The van der Waals surface area contributed by atoms with Gasteiger partial charge in [-0.05, 0) is 18.1 Å². The molecule has 1 fully saturated rings. The Labute approximate surface area is 123 Å². The zero-order chi connectivity index (χ0) is 15.3. The van der Waals surface area contributed by atoms with Crippen LogP contribution in [0.4, 0.5) is 10.5 Å². The number of rotatable bonds is 5. The Kier molecular flexibility index (Phi) is 4.80. The average molecular weight is 292 g/mol. The first-order chi connectivity index (χ1) is 10.1. The van der Waals surface area contributed by atoms with Gasteiger partial charge in [-0.1, -0.05) is 31.5 Å². The molecule has 1 heterocycles. The van der Waals surface area contributed by atoms with Gasteiger partial charge in [0.05, 0.1) is 6.61 Å². The maximum atomic E-state index is 12.1. The van der Waals surface area contributed by atoms with Crippen LogP contribution in [0, 0.1) is 0 Å². The maximum Gasteiger partial charge on any atom is 0.332 e. The highest BCUT2D eigenvalue weighted by Crippen LogP contribution is 2.20. The molecule has 0 radical (unpaired) electrons. The van der Waals surface area contributed by atoms with Gasteiger partial charge in [0.25, 0.3) is 0 Å². The number of benzene rings is 1. The van der Waals surface area contributed by atoms with Crippen LogP contribution in [0.5, 0.6) is 0 Å². The summed E-state index contributed by atoms with van der Waals surface area (Å²) in [4.78, 5) is 23.5. The van der Waals surface area contributed by atoms with Gasteiger partial charge >= 0.3 is 12.0 Å². The molecule has 0 bridgehead atoms. The highest BCUT2D eigenvalue weighted by molar-refractivity contribution is 5.94. The standard InChI is InChI=1S/C15H20N2O4/c1-2-5-11-6-3-4-7-12(11)16-14(20)17-15(13(18)19)8-9-21-10-15/h3-4,6-7H,2,5,8-10H2,1H3,(H,18,19)(H2,16,17,20). The fourth-order valence-corrected chi connectivity index (χ4v) is 2.39. The second-order valence-electron chi connectivity index (χ2n) is 5.18. The number of urea groups is 1. The first-order valence-corrected chi connectivity index (χ1v) is 7.05. The molecule has 1 aliphatic heterocycles. The summed E-state index contributed by atoms with van der Waals surface area (Å²) < 4.78 is 5.11. The van der Waals surface area contributed by atoms with Crippen molar-refractivity contribution in [2.45, 2.75) is 31.7 Å². The summed E-state index contributed by atoms with van der Waals surface area (Å²) in [5.74, 6) is -1.07. The quantitative estimate of drug-likeness (QED) is 0.774. The number of para-hydroxylation sites is 1. The number of carbonyl (C=O) groups is 2. The number of aryl methyl sites for hydroxylation is 1. The molecular weight excluding hydrogens is 272 g/mol. The highest BCUT2D eigenvalue weighted by Gasteiger charge is 2.44. The van der Waals surface area contributed by atoms with E-state index in [9.17, 15) is 14.7 Å². The zero-order valence-corrected chi connectivity index (χ0v) is 12.0. The third-order valence-electron chi connectivity index (χ3n) is 3.57. The van der Waals surface area contributed by atoms with Crippen molar-refractivity contribution in [3.63, 3.8) is 0 Å². The van der Waals surface area contributed by atoms with Crippen LogP contribution in [0.3, 0.4) is 0 Å². The van der Waals surface area contributed by atoms with E-state index >= 15 is 0 Å². The van der Waals surface area contributed by atoms with Gasteiger partial charge in [0.15, 0.2) is 5.54 Å². The lowest BCUT2D eigenvalue weighted by molar-refractivity contribution is -0.144. The number of ether oxygens (including phenoxy) is 1. The number of aliphatic carboxylic acids is 1. The van der Waals surface area contributed by atoms with Crippen LogP contribution in [0.15, 0.2) is 24.3 Å². The third-order valence-corrected chi connectivity index (χ3v) is 3.57. The van der Waals surface area contributed by atoms with E-state index in [0.717, 1.165) is 18.4 Å². The molecular formula is C15H20N2O4. The van der Waals surface area contributed by atoms with Gasteiger partial charge in [-0.2, -0.15) is 0 Å². The van der Waals surface area contributed by atoms with Gasteiger partial charge in [-0.25, -0.2) is 9.59 Å². The molecule has 0 spiro atoms. The van der Waals surface area contributed by atoms with E-state index in [0.29, 0.717) is 12.3 Å². The SMILES string of the molecule is CCCc1ccccc1NC(=O)NC1(C(=O)O)CCOC1. The second-order valence-corrected chi connectivity index (χ2v) is 5.18. The summed E-state index contributed by atoms with van der Waals surface area (Å²) in [5, 5.41) is 14.6. The number of carboxylic acid groups (broad SMARTS) is 1. The Morgan fingerprint density at radius 3 is 2.76 bits per heavy atom. The van der Waals surface area contributed by atoms with Crippen molar-refractivity contribution in [2.24, 2.45) is 0 Å². The molecule has 1 aromatic rings. The summed E-state index contributed by atoms with van der Waals surface area (Å²) in [6, 6.07) is 6.98. The Balaban J connectivity index is 2.06. The van der Waals surface area contributed by atoms with Gasteiger partial charge in [-0.3, -0.25) is 0 Å². The minimum absolute atomic E-state index is 0.00758. The average Bonchev–Trinajstić information content (AvgIpc) is 2.91. The predicted octanol–water partition coefficient (Wildman–Crippen LogP) is 2.00. The van der Waals surface area contributed by atoms with Gasteiger partial charge in [-0.15, -0.1) is 0 Å². The molecule has 1 aromatic carbocycles. The van der Waals surface area contributed by atoms with Crippen molar-refractivity contribution < 1.29 is 19.4 Å². The Morgan fingerprint density at radius 2 is 2.14 bits per heavy atom. The van der Waals surface area contributed by atoms with Crippen molar-refractivity contribution in [3.8, 4) is 0 Å². The maximum absolute atomic E-state index is 12.1. The molecule has 1 unspecified atom stereocenters. The van der Waals surface area contributed by atoms with E-state index in [1.54, 1.807) is 0 Å². The first-order valence-electron chi connectivity index (χ1n) is 7.05. The minimum Gasteiger partial charge on any atom is -0.479 e. The highest BCUT2D eigenvalue weighted by atomic mass is 16.5. The molecule has 0 aliphatic carbocycles. The van der Waals surface area contributed by atoms with Gasteiger partial charge in [0.2, 0.25) is 0 Å². The van der Waals surface area contributed by atoms with E-state index in [-0.39, 0.29) is 13.0 Å². The van der Waals surface area contributed by atoms with Gasteiger partial charge in [0.1, 0.15) is 0 Å². The van der Waals surface area contributed by atoms with Crippen LogP contribution in [0.25, 0.3) is 0 Å². The minimum atomic E-state index is -1.33. The molecule has 1 atom stereocenters. The lowest BCUT2D eigenvalue weighted by Gasteiger charge is -2.24. The largest absolute Gasteiger partial charge is 0.479 e. The van der Waals surface area contributed by atoms with Crippen LogP contribution in [0.1, 0.15) is 25.3 Å². The van der Waals surface area contributed by atoms with Crippen molar-refractivity contribution in [2.75, 3.05) is 18.5 Å². The normalized spacial score (nSPS) is 21.0. The van der Waals surface area contributed by atoms with Crippen molar-refractivity contribution in [3.05, 3.63) is 29.8 Å². The van der Waals surface area contributed by atoms with E-state index in [1.807, 2.05) is 24.3 Å². The number of carbonyl (C=O) groups excluding carboxylic acids is 1. The number of hydrogen-bond donors (Lipinski definition) is 3. The molecule has 1 saturated heterocycles. The predicted molar refractivity (Wildman–Crippen MR) is 78.4 cm³/mol. The van der Waals surface area contributed by atoms with Crippen LogP contribution in [-0.2, 0) is 16.0 Å². The summed E-state index contributed by atoms with van der Waals surface area (Å²) >= 11 is 0. The summed E-state index contributed by atoms with van der Waals surface area (Å²) in [6.45, 7) is 2.39. The zero-order valence-electron chi connectivity index (χ0n) is 12.0. The van der Waals surface area contributed by atoms with Crippen LogP contribution in [0.2, 0.25) is 0 Å². The molecule has 6 heteroatoms. The molecule has 0 saturated carbocycles. The van der Waals surface area contributed by atoms with Gasteiger partial charge < -0.3 is 20.5 Å². The van der Waals surface area contributed by atoms with Crippen molar-refractivity contribution >= 4 is 17.7 Å². The van der Waals surface area contributed by atoms with Gasteiger partial charge in [0, 0.05) is 18.7 Å². The smallest absolute Gasteiger partial charge is 0.332 e. The molecule has 6 nitrogen and oxygen atoms in total. The number of hydrogen-bond acceptors (Lipinski definition) is 3. The van der Waals surface area contributed by atoms with E-state index < -0.39 is 17.5 Å². The Morgan fingerprint density at radius 1 is 1.38 bits per heavy atom. The van der Waals surface area contributed by atoms with E-state index in [4.69, 9.17) is 4.74 Å². The molecule has 2 rings (SSSR count). The first kappa shape index (κ1) is 15.3.